The minimum Gasteiger partial charge on any atom is -0.478 e. The van der Waals surface area contributed by atoms with Crippen LogP contribution in [0.15, 0.2) is 82.9 Å². The summed E-state index contributed by atoms with van der Waals surface area (Å²) in [5.41, 5.74) is 4.07. The van der Waals surface area contributed by atoms with Crippen molar-refractivity contribution in [3.8, 4) is 0 Å². The maximum Gasteiger partial charge on any atom is 0.337 e. The van der Waals surface area contributed by atoms with Gasteiger partial charge in [-0.3, -0.25) is 9.79 Å². The number of hydrazone groups is 1. The van der Waals surface area contributed by atoms with E-state index in [1.165, 1.54) is 11.2 Å². The number of aliphatic imine (C=N–C) groups is 1. The molecule has 6 heteroatoms. The maximum atomic E-state index is 13.3. The molecule has 1 amide bonds. The summed E-state index contributed by atoms with van der Waals surface area (Å²) in [6.07, 6.45) is 1.50. The first-order chi connectivity index (χ1) is 15.0. The van der Waals surface area contributed by atoms with Gasteiger partial charge in [0.25, 0.3) is 5.91 Å². The highest BCUT2D eigenvalue weighted by molar-refractivity contribution is 6.29. The summed E-state index contributed by atoms with van der Waals surface area (Å²) in [4.78, 5) is 29.5. The number of carboxylic acid groups (broad SMARTS) is 1. The lowest BCUT2D eigenvalue weighted by Crippen LogP contribution is -2.28. The van der Waals surface area contributed by atoms with Crippen molar-refractivity contribution in [1.29, 1.82) is 0 Å². The molecule has 1 heterocycles. The van der Waals surface area contributed by atoms with Crippen LogP contribution >= 0.6 is 0 Å². The maximum absolute atomic E-state index is 13.3. The molecule has 31 heavy (non-hydrogen) atoms. The second-order valence-electron chi connectivity index (χ2n) is 7.38. The summed E-state index contributed by atoms with van der Waals surface area (Å²) in [6, 6.07) is 22.1. The Labute approximate surface area is 180 Å². The SMILES string of the molecule is Cc1cc(C)c(N=CC2C(=O)N(c3ccccc3)N=C2c2ccccc2)c(C(=O)O)c1. The lowest BCUT2D eigenvalue weighted by atomic mass is 9.97. The lowest BCUT2D eigenvalue weighted by molar-refractivity contribution is -0.118. The van der Waals surface area contributed by atoms with Crippen LogP contribution in [0, 0.1) is 19.8 Å². The number of anilines is 1. The Morgan fingerprint density at radius 2 is 1.68 bits per heavy atom. The fourth-order valence-electron chi connectivity index (χ4n) is 3.65. The first-order valence-corrected chi connectivity index (χ1v) is 9.87. The number of nitrogens with zero attached hydrogens (tertiary/aromatic N) is 3. The average molecular weight is 411 g/mol. The minimum atomic E-state index is -1.06. The number of carbonyl (C=O) groups is 2. The van der Waals surface area contributed by atoms with Crippen molar-refractivity contribution in [3.63, 3.8) is 0 Å². The molecular formula is C25H21N3O3. The fourth-order valence-corrected chi connectivity index (χ4v) is 3.65. The molecule has 1 unspecified atom stereocenters. The second-order valence-corrected chi connectivity index (χ2v) is 7.38. The molecule has 0 radical (unpaired) electrons. The third kappa shape index (κ3) is 4.00. The molecule has 0 aliphatic carbocycles. The van der Waals surface area contributed by atoms with Crippen LogP contribution in [0.1, 0.15) is 27.0 Å². The Morgan fingerprint density at radius 1 is 1.03 bits per heavy atom. The van der Waals surface area contributed by atoms with Crippen molar-refractivity contribution in [2.75, 3.05) is 5.01 Å². The minimum absolute atomic E-state index is 0.109. The van der Waals surface area contributed by atoms with Crippen LogP contribution in [0.2, 0.25) is 0 Å². The number of hydrogen-bond donors (Lipinski definition) is 1. The highest BCUT2D eigenvalue weighted by atomic mass is 16.4. The van der Waals surface area contributed by atoms with Crippen molar-refractivity contribution in [1.82, 2.24) is 0 Å². The Balaban J connectivity index is 1.77. The number of carbonyl (C=O) groups excluding carboxylic acids is 1. The largest absolute Gasteiger partial charge is 0.478 e. The second kappa shape index (κ2) is 8.36. The molecule has 0 bridgehead atoms. The fraction of sp³-hybridized carbons (Fsp3) is 0.120. The van der Waals surface area contributed by atoms with Gasteiger partial charge in [-0.05, 0) is 48.7 Å². The molecule has 4 rings (SSSR count). The number of aromatic carboxylic acids is 1. The number of hydrogen-bond acceptors (Lipinski definition) is 4. The van der Waals surface area contributed by atoms with E-state index in [1.807, 2.05) is 80.6 Å². The third-order valence-electron chi connectivity index (χ3n) is 5.08. The predicted octanol–water partition coefficient (Wildman–Crippen LogP) is 4.77. The summed E-state index contributed by atoms with van der Waals surface area (Å²) in [5.74, 6) is -2.03. The standard InChI is InChI=1S/C25H21N3O3/c1-16-13-17(2)22(20(14-16)25(30)31)26-15-21-23(18-9-5-3-6-10-18)27-28(24(21)29)19-11-7-4-8-12-19/h3-15,21H,1-2H3,(H,30,31). The van der Waals surface area contributed by atoms with Gasteiger partial charge in [-0.15, -0.1) is 0 Å². The molecule has 154 valence electrons. The highest BCUT2D eigenvalue weighted by Crippen LogP contribution is 2.29. The van der Waals surface area contributed by atoms with E-state index in [-0.39, 0.29) is 11.5 Å². The van der Waals surface area contributed by atoms with Gasteiger partial charge in [0.1, 0.15) is 5.92 Å². The van der Waals surface area contributed by atoms with E-state index in [1.54, 1.807) is 6.07 Å². The van der Waals surface area contributed by atoms with Gasteiger partial charge in [0, 0.05) is 6.21 Å². The van der Waals surface area contributed by atoms with Gasteiger partial charge in [-0.1, -0.05) is 54.6 Å². The van der Waals surface area contributed by atoms with Crippen LogP contribution in [0.5, 0.6) is 0 Å². The summed E-state index contributed by atoms with van der Waals surface area (Å²) < 4.78 is 0. The Kier molecular flexibility index (Phi) is 5.45. The smallest absolute Gasteiger partial charge is 0.337 e. The van der Waals surface area contributed by atoms with Gasteiger partial charge >= 0.3 is 5.97 Å². The molecule has 3 aromatic carbocycles. The quantitative estimate of drug-likeness (QED) is 0.614. The summed E-state index contributed by atoms with van der Waals surface area (Å²) in [5, 5.41) is 15.6. The molecule has 1 aliphatic heterocycles. The number of benzene rings is 3. The zero-order chi connectivity index (χ0) is 22.0. The van der Waals surface area contributed by atoms with Crippen LogP contribution in [0.25, 0.3) is 0 Å². The van der Waals surface area contributed by atoms with E-state index >= 15 is 0 Å². The molecule has 6 nitrogen and oxygen atoms in total. The van der Waals surface area contributed by atoms with Crippen LogP contribution in [-0.2, 0) is 4.79 Å². The predicted molar refractivity (Wildman–Crippen MR) is 121 cm³/mol. The molecule has 0 spiro atoms. The zero-order valence-electron chi connectivity index (χ0n) is 17.2. The highest BCUT2D eigenvalue weighted by Gasteiger charge is 2.36. The first-order valence-electron chi connectivity index (χ1n) is 9.87. The number of rotatable bonds is 5. The van der Waals surface area contributed by atoms with Crippen molar-refractivity contribution < 1.29 is 14.7 Å². The van der Waals surface area contributed by atoms with Crippen molar-refractivity contribution >= 4 is 35.2 Å². The monoisotopic (exact) mass is 411 g/mol. The van der Waals surface area contributed by atoms with Gasteiger partial charge in [-0.2, -0.15) is 10.1 Å². The Hall–Kier alpha value is -4.06. The average Bonchev–Trinajstić information content (AvgIpc) is 3.10. The molecule has 0 aromatic heterocycles. The number of aryl methyl sites for hydroxylation is 2. The summed E-state index contributed by atoms with van der Waals surface area (Å²) in [7, 11) is 0. The molecule has 1 N–H and O–H groups in total. The Bertz CT molecular complexity index is 1200. The Morgan fingerprint density at radius 3 is 2.32 bits per heavy atom. The van der Waals surface area contributed by atoms with Crippen molar-refractivity contribution in [3.05, 3.63) is 95.1 Å². The van der Waals surface area contributed by atoms with Gasteiger partial charge < -0.3 is 5.11 Å². The van der Waals surface area contributed by atoms with Crippen molar-refractivity contribution in [2.45, 2.75) is 13.8 Å². The summed E-state index contributed by atoms with van der Waals surface area (Å²) in [6.45, 7) is 3.65. The van der Waals surface area contributed by atoms with Crippen LogP contribution < -0.4 is 5.01 Å². The molecule has 0 fully saturated rings. The van der Waals surface area contributed by atoms with E-state index in [9.17, 15) is 14.7 Å². The van der Waals surface area contributed by atoms with E-state index in [0.717, 1.165) is 16.7 Å². The molecule has 0 saturated heterocycles. The van der Waals surface area contributed by atoms with Gasteiger partial charge in [0.15, 0.2) is 0 Å². The number of carboxylic acids is 1. The molecule has 0 saturated carbocycles. The lowest BCUT2D eigenvalue weighted by Gasteiger charge is -2.12. The zero-order valence-corrected chi connectivity index (χ0v) is 17.2. The van der Waals surface area contributed by atoms with Gasteiger partial charge in [0.2, 0.25) is 0 Å². The summed E-state index contributed by atoms with van der Waals surface area (Å²) >= 11 is 0. The van der Waals surface area contributed by atoms with E-state index in [4.69, 9.17) is 0 Å². The van der Waals surface area contributed by atoms with E-state index in [0.29, 0.717) is 17.1 Å². The number of para-hydroxylation sites is 1. The first kappa shape index (κ1) is 20.2. The normalized spacial score (nSPS) is 16.1. The third-order valence-corrected chi connectivity index (χ3v) is 5.08. The van der Waals surface area contributed by atoms with Gasteiger partial charge in [-0.25, -0.2) is 4.79 Å². The molecule has 1 atom stereocenters. The molecular weight excluding hydrogens is 390 g/mol. The molecule has 3 aromatic rings. The van der Waals surface area contributed by atoms with Crippen LogP contribution in [0.4, 0.5) is 11.4 Å². The van der Waals surface area contributed by atoms with Gasteiger partial charge in [0.05, 0.1) is 22.6 Å². The van der Waals surface area contributed by atoms with Crippen LogP contribution in [0.3, 0.4) is 0 Å². The van der Waals surface area contributed by atoms with Crippen molar-refractivity contribution in [2.24, 2.45) is 16.0 Å². The van der Waals surface area contributed by atoms with E-state index < -0.39 is 11.9 Å². The van der Waals surface area contributed by atoms with E-state index in [2.05, 4.69) is 10.1 Å². The topological polar surface area (TPSA) is 82.3 Å². The van der Waals surface area contributed by atoms with Crippen LogP contribution in [-0.4, -0.2) is 28.9 Å². The number of amides is 1. The molecule has 1 aliphatic rings.